The Balaban J connectivity index is 1.65. The van der Waals surface area contributed by atoms with Gasteiger partial charge in [-0.1, -0.05) is 66.6 Å². The van der Waals surface area contributed by atoms with Gasteiger partial charge >= 0.3 is 0 Å². The van der Waals surface area contributed by atoms with Crippen LogP contribution in [0.25, 0.3) is 0 Å². The van der Waals surface area contributed by atoms with Crippen molar-refractivity contribution in [2.24, 2.45) is 20.7 Å². The summed E-state index contributed by atoms with van der Waals surface area (Å²) in [6.45, 7) is 8.90. The summed E-state index contributed by atoms with van der Waals surface area (Å²) in [7, 11) is 1.75. The van der Waals surface area contributed by atoms with Crippen LogP contribution >= 0.6 is 0 Å². The minimum Gasteiger partial charge on any atom is -0.395 e. The van der Waals surface area contributed by atoms with Gasteiger partial charge in [0.15, 0.2) is 0 Å². The van der Waals surface area contributed by atoms with Crippen LogP contribution in [-0.4, -0.2) is 42.4 Å². The average Bonchev–Trinajstić information content (AvgIpc) is 2.81. The second-order valence-corrected chi connectivity index (χ2v) is 8.98. The summed E-state index contributed by atoms with van der Waals surface area (Å²) in [5, 5.41) is 8.88. The van der Waals surface area contributed by atoms with Crippen LogP contribution in [0.3, 0.4) is 0 Å². The SMILES string of the molecule is C/C=C\C(=NC)/C(=N/OCC(C)(C)CO/N=C1\CCCc2ccc(C)nc21)c1ccccc1. The van der Waals surface area contributed by atoms with Crippen LogP contribution in [0.4, 0.5) is 0 Å². The first-order valence-electron chi connectivity index (χ1n) is 11.4. The van der Waals surface area contributed by atoms with Crippen molar-refractivity contribution in [1.29, 1.82) is 0 Å². The van der Waals surface area contributed by atoms with Gasteiger partial charge in [0.1, 0.15) is 24.6 Å². The predicted octanol–water partition coefficient (Wildman–Crippen LogP) is 5.54. The van der Waals surface area contributed by atoms with Gasteiger partial charge in [0, 0.05) is 23.7 Å². The number of pyridine rings is 1. The molecule has 1 aromatic heterocycles. The van der Waals surface area contributed by atoms with Gasteiger partial charge in [-0.2, -0.15) is 0 Å². The molecule has 1 heterocycles. The van der Waals surface area contributed by atoms with Crippen LogP contribution in [0.2, 0.25) is 0 Å². The lowest BCUT2D eigenvalue weighted by Gasteiger charge is -2.22. The van der Waals surface area contributed by atoms with Crippen LogP contribution in [0.1, 0.15) is 56.1 Å². The Morgan fingerprint density at radius 1 is 1.06 bits per heavy atom. The Labute approximate surface area is 197 Å². The Morgan fingerprint density at radius 3 is 2.55 bits per heavy atom. The molecule has 174 valence electrons. The molecule has 0 radical (unpaired) electrons. The van der Waals surface area contributed by atoms with E-state index in [1.165, 1.54) is 5.56 Å². The first-order chi connectivity index (χ1) is 15.9. The fraction of sp³-hybridized carbons (Fsp3) is 0.407. The van der Waals surface area contributed by atoms with Gasteiger partial charge in [-0.25, -0.2) is 0 Å². The maximum atomic E-state index is 5.79. The normalized spacial score (nSPS) is 16.2. The molecule has 1 aliphatic carbocycles. The topological polar surface area (TPSA) is 68.4 Å². The summed E-state index contributed by atoms with van der Waals surface area (Å²) in [5.41, 5.74) is 6.29. The van der Waals surface area contributed by atoms with Crippen molar-refractivity contribution in [3.8, 4) is 0 Å². The van der Waals surface area contributed by atoms with Crippen LogP contribution in [0, 0.1) is 12.3 Å². The number of hydrogen-bond donors (Lipinski definition) is 0. The molecule has 2 aromatic rings. The molecule has 0 atom stereocenters. The van der Waals surface area contributed by atoms with E-state index in [1.54, 1.807) is 7.05 Å². The van der Waals surface area contributed by atoms with Gasteiger partial charge < -0.3 is 9.68 Å². The van der Waals surface area contributed by atoms with Gasteiger partial charge in [-0.05, 0) is 50.8 Å². The number of aliphatic imine (C=N–C) groups is 1. The number of hydrogen-bond acceptors (Lipinski definition) is 6. The van der Waals surface area contributed by atoms with E-state index in [0.717, 1.165) is 47.6 Å². The van der Waals surface area contributed by atoms with Gasteiger partial charge in [-0.3, -0.25) is 9.98 Å². The van der Waals surface area contributed by atoms with E-state index in [-0.39, 0.29) is 5.41 Å². The van der Waals surface area contributed by atoms with Crippen LogP contribution in [-0.2, 0) is 16.1 Å². The molecule has 0 aliphatic heterocycles. The summed E-state index contributed by atoms with van der Waals surface area (Å²) in [6, 6.07) is 14.1. The molecule has 0 N–H and O–H groups in total. The predicted molar refractivity (Wildman–Crippen MR) is 135 cm³/mol. The van der Waals surface area contributed by atoms with E-state index in [2.05, 4.69) is 46.3 Å². The number of aryl methyl sites for hydroxylation is 2. The number of fused-ring (bicyclic) bond motifs is 1. The van der Waals surface area contributed by atoms with Crippen molar-refractivity contribution in [2.45, 2.75) is 47.0 Å². The molecule has 1 aliphatic rings. The monoisotopic (exact) mass is 446 g/mol. The molecule has 6 nitrogen and oxygen atoms in total. The summed E-state index contributed by atoms with van der Waals surface area (Å²) >= 11 is 0. The molecule has 0 saturated heterocycles. The number of allylic oxidation sites excluding steroid dienone is 2. The highest BCUT2D eigenvalue weighted by atomic mass is 16.6. The molecule has 0 spiro atoms. The number of oxime groups is 2. The fourth-order valence-corrected chi connectivity index (χ4v) is 3.55. The fourth-order valence-electron chi connectivity index (χ4n) is 3.55. The van der Waals surface area contributed by atoms with E-state index < -0.39 is 0 Å². The Hall–Kier alpha value is -3.28. The van der Waals surface area contributed by atoms with Crippen LogP contribution in [0.5, 0.6) is 0 Å². The lowest BCUT2D eigenvalue weighted by molar-refractivity contribution is 0.0000679. The van der Waals surface area contributed by atoms with Crippen molar-refractivity contribution in [3.63, 3.8) is 0 Å². The molecule has 0 fully saturated rings. The zero-order valence-electron chi connectivity index (χ0n) is 20.3. The lowest BCUT2D eigenvalue weighted by atomic mass is 9.94. The Bertz CT molecular complexity index is 1050. The van der Waals surface area contributed by atoms with Crippen molar-refractivity contribution < 1.29 is 9.68 Å². The molecule has 0 saturated carbocycles. The summed E-state index contributed by atoms with van der Waals surface area (Å²) in [5.74, 6) is 0. The third-order valence-corrected chi connectivity index (χ3v) is 5.35. The Morgan fingerprint density at radius 2 is 1.82 bits per heavy atom. The summed E-state index contributed by atoms with van der Waals surface area (Å²) < 4.78 is 0. The maximum absolute atomic E-state index is 5.79. The number of aromatic nitrogens is 1. The van der Waals surface area contributed by atoms with E-state index in [9.17, 15) is 0 Å². The van der Waals surface area contributed by atoms with Crippen molar-refractivity contribution in [1.82, 2.24) is 4.98 Å². The van der Waals surface area contributed by atoms with Crippen molar-refractivity contribution >= 4 is 17.1 Å². The highest BCUT2D eigenvalue weighted by molar-refractivity contribution is 6.51. The first kappa shape index (κ1) is 24.4. The minimum absolute atomic E-state index is 0.281. The van der Waals surface area contributed by atoms with Gasteiger partial charge in [-0.15, -0.1) is 0 Å². The van der Waals surface area contributed by atoms with Crippen LogP contribution < -0.4 is 0 Å². The molecule has 0 unspecified atom stereocenters. The molecule has 6 heteroatoms. The number of rotatable bonds is 9. The lowest BCUT2D eigenvalue weighted by Crippen LogP contribution is -2.25. The zero-order chi connectivity index (χ0) is 23.7. The van der Waals surface area contributed by atoms with Crippen LogP contribution in [0.15, 0.2) is 69.9 Å². The van der Waals surface area contributed by atoms with Crippen molar-refractivity contribution in [2.75, 3.05) is 20.3 Å². The largest absolute Gasteiger partial charge is 0.395 e. The summed E-state index contributed by atoms with van der Waals surface area (Å²) in [4.78, 5) is 20.6. The van der Waals surface area contributed by atoms with E-state index in [4.69, 9.17) is 9.68 Å². The molecule has 33 heavy (non-hydrogen) atoms. The second-order valence-electron chi connectivity index (χ2n) is 8.98. The maximum Gasteiger partial charge on any atom is 0.135 e. The van der Waals surface area contributed by atoms with Crippen molar-refractivity contribution in [3.05, 3.63) is 77.1 Å². The second kappa shape index (κ2) is 11.5. The minimum atomic E-state index is -0.281. The average molecular weight is 447 g/mol. The Kier molecular flexibility index (Phi) is 8.52. The van der Waals surface area contributed by atoms with E-state index >= 15 is 0 Å². The summed E-state index contributed by atoms with van der Waals surface area (Å²) in [6.07, 6.45) is 6.86. The third kappa shape index (κ3) is 6.85. The quantitative estimate of drug-likeness (QED) is 0.375. The molecule has 3 rings (SSSR count). The third-order valence-electron chi connectivity index (χ3n) is 5.35. The molecular weight excluding hydrogens is 412 g/mol. The first-order valence-corrected chi connectivity index (χ1v) is 11.4. The number of nitrogens with zero attached hydrogens (tertiary/aromatic N) is 4. The molecule has 0 bridgehead atoms. The standard InChI is InChI=1S/C27H34N4O2/c1-6-11-23(28-5)26(21-12-8-7-9-13-21)31-33-19-27(3,4)18-32-30-24-15-10-14-22-17-16-20(2)29-25(22)24/h6-9,11-13,16-17H,10,14-15,18-19H2,1-5H3/b11-6-,28-23?,30-24+,31-26+. The number of benzene rings is 1. The smallest absolute Gasteiger partial charge is 0.135 e. The highest BCUT2D eigenvalue weighted by Gasteiger charge is 2.22. The molecule has 1 aromatic carbocycles. The highest BCUT2D eigenvalue weighted by Crippen LogP contribution is 2.22. The van der Waals surface area contributed by atoms with E-state index in [1.807, 2.05) is 56.3 Å². The zero-order valence-corrected chi connectivity index (χ0v) is 20.3. The molecular formula is C27H34N4O2. The van der Waals surface area contributed by atoms with Gasteiger partial charge in [0.05, 0.1) is 11.4 Å². The van der Waals surface area contributed by atoms with Gasteiger partial charge in [0.2, 0.25) is 0 Å². The van der Waals surface area contributed by atoms with E-state index in [0.29, 0.717) is 18.9 Å². The molecule has 0 amide bonds. The van der Waals surface area contributed by atoms with Gasteiger partial charge in [0.25, 0.3) is 0 Å².